The molecule has 2 fully saturated rings. The van der Waals surface area contributed by atoms with Crippen molar-refractivity contribution in [3.05, 3.63) is 82.4 Å². The van der Waals surface area contributed by atoms with Gasteiger partial charge in [0.1, 0.15) is 12.1 Å². The maximum Gasteiger partial charge on any atom is 0.408 e. The summed E-state index contributed by atoms with van der Waals surface area (Å²) in [6.45, 7) is 8.43. The number of halogens is 2. The molecule has 1 heterocycles. The van der Waals surface area contributed by atoms with Crippen LogP contribution in [-0.4, -0.2) is 36.5 Å². The van der Waals surface area contributed by atoms with E-state index < -0.39 is 29.7 Å². The lowest BCUT2D eigenvalue weighted by atomic mass is 9.86. The topological polar surface area (TPSA) is 96.5 Å². The molecule has 3 N–H and O–H groups in total. The Balaban J connectivity index is 1.50. The maximum atomic E-state index is 13.4. The number of ether oxygens (including phenoxy) is 1. The summed E-state index contributed by atoms with van der Waals surface area (Å²) < 4.78 is 6.12. The molecule has 1 unspecified atom stereocenters. The average Bonchev–Trinajstić information content (AvgIpc) is 3.63. The van der Waals surface area contributed by atoms with Crippen LogP contribution < -0.4 is 16.0 Å². The third-order valence-corrected chi connectivity index (χ3v) is 8.20. The van der Waals surface area contributed by atoms with Gasteiger partial charge in [0, 0.05) is 34.0 Å². The van der Waals surface area contributed by atoms with E-state index in [2.05, 4.69) is 22.5 Å². The molecule has 214 valence electrons. The number of nitrogens with one attached hydrogen (secondary N) is 3. The lowest BCUT2D eigenvalue weighted by Crippen LogP contribution is -2.50. The number of rotatable bonds is 12. The van der Waals surface area contributed by atoms with Crippen LogP contribution in [0.15, 0.2) is 61.2 Å². The molecule has 40 heavy (non-hydrogen) atoms. The molecule has 2 aliphatic rings. The smallest absolute Gasteiger partial charge is 0.408 e. The second kappa shape index (κ2) is 13.1. The van der Waals surface area contributed by atoms with Gasteiger partial charge in [0.15, 0.2) is 0 Å². The molecule has 1 aliphatic carbocycles. The maximum absolute atomic E-state index is 13.4. The first-order valence-corrected chi connectivity index (χ1v) is 14.6. The highest BCUT2D eigenvalue weighted by Crippen LogP contribution is 2.58. The largest absolute Gasteiger partial charge is 0.440 e. The lowest BCUT2D eigenvalue weighted by molar-refractivity contribution is -0.125. The third-order valence-electron chi connectivity index (χ3n) is 7.72. The number of carbonyl (C=O) groups is 3. The normalized spacial score (nSPS) is 19.7. The van der Waals surface area contributed by atoms with Gasteiger partial charge in [-0.25, -0.2) is 4.79 Å². The van der Waals surface area contributed by atoms with Crippen LogP contribution in [0.1, 0.15) is 63.2 Å². The fourth-order valence-corrected chi connectivity index (χ4v) is 5.75. The molecule has 1 saturated carbocycles. The van der Waals surface area contributed by atoms with Gasteiger partial charge in [-0.05, 0) is 73.4 Å². The molecule has 9 heteroatoms. The zero-order chi connectivity index (χ0) is 28.9. The molecule has 1 saturated heterocycles. The van der Waals surface area contributed by atoms with Crippen LogP contribution in [0.3, 0.4) is 0 Å². The number of amides is 3. The second-order valence-corrected chi connectivity index (χ2v) is 12.1. The second-order valence-electron chi connectivity index (χ2n) is 11.2. The van der Waals surface area contributed by atoms with Gasteiger partial charge in [0.2, 0.25) is 11.8 Å². The van der Waals surface area contributed by atoms with E-state index in [1.54, 1.807) is 18.2 Å². The third kappa shape index (κ3) is 7.38. The van der Waals surface area contributed by atoms with Crippen LogP contribution in [0.4, 0.5) is 4.79 Å². The van der Waals surface area contributed by atoms with Gasteiger partial charge in [-0.3, -0.25) is 9.59 Å². The summed E-state index contributed by atoms with van der Waals surface area (Å²) in [6.07, 6.45) is 3.58. The highest BCUT2D eigenvalue weighted by molar-refractivity contribution is 6.30. The number of alkyl carbamates (subject to hydrolysis) is 1. The van der Waals surface area contributed by atoms with Crippen LogP contribution in [0.5, 0.6) is 0 Å². The van der Waals surface area contributed by atoms with Crippen molar-refractivity contribution in [3.63, 3.8) is 0 Å². The number of benzene rings is 2. The van der Waals surface area contributed by atoms with Crippen LogP contribution in [0.25, 0.3) is 0 Å². The zero-order valence-electron chi connectivity index (χ0n) is 22.9. The van der Waals surface area contributed by atoms with Crippen LogP contribution in [0, 0.1) is 11.8 Å². The highest BCUT2D eigenvalue weighted by Gasteiger charge is 2.53. The molecule has 0 spiro atoms. The van der Waals surface area contributed by atoms with Crippen molar-refractivity contribution >= 4 is 41.1 Å². The van der Waals surface area contributed by atoms with Gasteiger partial charge < -0.3 is 20.7 Å². The summed E-state index contributed by atoms with van der Waals surface area (Å²) in [5.41, 5.74) is 1.37. The minimum absolute atomic E-state index is 0.0107. The molecule has 1 aliphatic heterocycles. The Bertz CT molecular complexity index is 1230. The van der Waals surface area contributed by atoms with Gasteiger partial charge >= 0.3 is 6.09 Å². The quantitative estimate of drug-likeness (QED) is 0.262. The minimum atomic E-state index is -0.820. The van der Waals surface area contributed by atoms with E-state index >= 15 is 0 Å². The van der Waals surface area contributed by atoms with E-state index in [4.69, 9.17) is 27.9 Å². The van der Waals surface area contributed by atoms with Gasteiger partial charge in [-0.1, -0.05) is 67.4 Å². The van der Waals surface area contributed by atoms with Crippen LogP contribution in [-0.2, 0) is 19.7 Å². The predicted octanol–water partition coefficient (Wildman–Crippen LogP) is 6.10. The molecular formula is C31H37Cl2N3O4. The first-order chi connectivity index (χ1) is 19.1. The molecule has 7 nitrogen and oxygen atoms in total. The molecular weight excluding hydrogens is 549 g/mol. The number of carbonyl (C=O) groups excluding carboxylic acids is 3. The Hall–Kier alpha value is -3.03. The van der Waals surface area contributed by atoms with E-state index in [0.717, 1.165) is 30.4 Å². The van der Waals surface area contributed by atoms with Crippen molar-refractivity contribution < 1.29 is 19.1 Å². The van der Waals surface area contributed by atoms with E-state index in [-0.39, 0.29) is 23.7 Å². The van der Waals surface area contributed by atoms with Crippen molar-refractivity contribution in [2.24, 2.45) is 11.8 Å². The Kier molecular flexibility index (Phi) is 9.80. The Morgan fingerprint density at radius 1 is 1.12 bits per heavy atom. The van der Waals surface area contributed by atoms with Gasteiger partial charge in [0.25, 0.3) is 0 Å². The number of hydrogen-bond donors (Lipinski definition) is 3. The first-order valence-electron chi connectivity index (χ1n) is 13.8. The van der Waals surface area contributed by atoms with E-state index in [1.807, 2.05) is 50.2 Å². The minimum Gasteiger partial charge on any atom is -0.440 e. The highest BCUT2D eigenvalue weighted by atomic mass is 35.5. The van der Waals surface area contributed by atoms with Crippen molar-refractivity contribution in [3.8, 4) is 0 Å². The molecule has 2 aromatic carbocycles. The monoisotopic (exact) mass is 585 g/mol. The summed E-state index contributed by atoms with van der Waals surface area (Å²) >= 11 is 12.5. The van der Waals surface area contributed by atoms with Gasteiger partial charge in [-0.15, -0.1) is 6.58 Å². The summed E-state index contributed by atoms with van der Waals surface area (Å²) in [6, 6.07) is 13.7. The molecule has 3 amide bonds. The lowest BCUT2D eigenvalue weighted by Gasteiger charge is -2.29. The average molecular weight is 587 g/mol. The Morgan fingerprint density at radius 2 is 1.85 bits per heavy atom. The Morgan fingerprint density at radius 3 is 2.42 bits per heavy atom. The van der Waals surface area contributed by atoms with Crippen LogP contribution >= 0.6 is 23.2 Å². The standard InChI is InChI=1S/C31H37Cl2N3O4/c1-4-25(17-21-12-15-34-28(21)37)35-29(38)26(16-19(2)3)36-30(39)40-27(20-8-10-23(32)11-9-20)31(13-14-31)22-6-5-7-24(33)18-22/h4-11,18-19,21,25-27H,1,12-17H2,2-3H3,(H,34,37)(H,35,38)(H,36,39)/t21-,25+,26-,27?/m0/s1. The van der Waals surface area contributed by atoms with Crippen molar-refractivity contribution in [1.29, 1.82) is 0 Å². The SMILES string of the molecule is C=C[C@H](C[C@@H]1CCNC1=O)NC(=O)[C@H](CC(C)C)NC(=O)OC(c1ccc(Cl)cc1)C1(c2cccc(Cl)c2)CC1. The fraction of sp³-hybridized carbons (Fsp3) is 0.452. The van der Waals surface area contributed by atoms with E-state index in [9.17, 15) is 14.4 Å². The number of hydrogen-bond acceptors (Lipinski definition) is 4. The first kappa shape index (κ1) is 29.9. The molecule has 0 bridgehead atoms. The predicted molar refractivity (Wildman–Crippen MR) is 157 cm³/mol. The summed E-state index contributed by atoms with van der Waals surface area (Å²) in [4.78, 5) is 38.8. The molecule has 4 atom stereocenters. The van der Waals surface area contributed by atoms with Gasteiger partial charge in [0.05, 0.1) is 0 Å². The fourth-order valence-electron chi connectivity index (χ4n) is 5.43. The van der Waals surface area contributed by atoms with Crippen molar-refractivity contribution in [1.82, 2.24) is 16.0 Å². The van der Waals surface area contributed by atoms with E-state index in [0.29, 0.717) is 29.4 Å². The molecule has 2 aromatic rings. The molecule has 0 aromatic heterocycles. The summed E-state index contributed by atoms with van der Waals surface area (Å²) in [5, 5.41) is 9.79. The van der Waals surface area contributed by atoms with Gasteiger partial charge in [-0.2, -0.15) is 0 Å². The van der Waals surface area contributed by atoms with Crippen molar-refractivity contribution in [2.75, 3.05) is 6.54 Å². The summed E-state index contributed by atoms with van der Waals surface area (Å²) in [5.74, 6) is -0.394. The Labute approximate surface area is 246 Å². The van der Waals surface area contributed by atoms with Crippen molar-refractivity contribution in [2.45, 2.75) is 69.6 Å². The molecule has 4 rings (SSSR count). The zero-order valence-corrected chi connectivity index (χ0v) is 24.4. The van der Waals surface area contributed by atoms with E-state index in [1.165, 1.54) is 0 Å². The summed E-state index contributed by atoms with van der Waals surface area (Å²) in [7, 11) is 0. The van der Waals surface area contributed by atoms with Crippen LogP contribution in [0.2, 0.25) is 10.0 Å². The molecule has 0 radical (unpaired) electrons.